The molecule has 242 valence electrons. The molecule has 2 aliphatic carbocycles. The van der Waals surface area contributed by atoms with Crippen molar-refractivity contribution in [3.63, 3.8) is 0 Å². The molecule has 0 spiro atoms. The number of esters is 1. The van der Waals surface area contributed by atoms with Gasteiger partial charge in [-0.05, 0) is 0 Å². The fourth-order valence-electron chi connectivity index (χ4n) is 9.24. The molecule has 2 aliphatic rings. The van der Waals surface area contributed by atoms with E-state index in [4.69, 9.17) is 9.16 Å². The van der Waals surface area contributed by atoms with Crippen molar-refractivity contribution < 1.29 is 14.0 Å². The molecule has 2 aromatic rings. The Morgan fingerprint density at radius 3 is 2.14 bits per heavy atom. The van der Waals surface area contributed by atoms with Gasteiger partial charge in [-0.2, -0.15) is 0 Å². The summed E-state index contributed by atoms with van der Waals surface area (Å²) < 4.78 is 14.5. The van der Waals surface area contributed by atoms with Crippen molar-refractivity contribution in [2.24, 2.45) is 23.2 Å². The molecule has 0 amide bonds. The van der Waals surface area contributed by atoms with Crippen LogP contribution in [0.4, 0.5) is 0 Å². The van der Waals surface area contributed by atoms with E-state index in [1.54, 1.807) is 6.08 Å². The third-order valence-corrected chi connectivity index (χ3v) is 19.8. The van der Waals surface area contributed by atoms with Crippen LogP contribution in [0.2, 0.25) is 21.4 Å². The summed E-state index contributed by atoms with van der Waals surface area (Å²) in [6.07, 6.45) is 11.8. The molecule has 0 unspecified atom stereocenters. The van der Waals surface area contributed by atoms with Crippen molar-refractivity contribution in [3.8, 4) is 0 Å². The number of benzene rings is 2. The zero-order valence-electron chi connectivity index (χ0n) is 28.6. The minimum atomic E-state index is -1.93. The van der Waals surface area contributed by atoms with Crippen LogP contribution in [0.25, 0.3) is 0 Å². The first-order valence-corrected chi connectivity index (χ1v) is 21.2. The molecule has 0 heterocycles. The van der Waals surface area contributed by atoms with Gasteiger partial charge >= 0.3 is 277 Å². The molecule has 2 fully saturated rings. The monoisotopic (exact) mass is 682 g/mol. The summed E-state index contributed by atoms with van der Waals surface area (Å²) >= 11 is 0.250. The van der Waals surface area contributed by atoms with Gasteiger partial charge in [0.05, 0.1) is 0 Å². The van der Waals surface area contributed by atoms with Crippen molar-refractivity contribution in [3.05, 3.63) is 78.4 Å². The van der Waals surface area contributed by atoms with E-state index < -0.39 is 8.32 Å². The van der Waals surface area contributed by atoms with Gasteiger partial charge in [0.15, 0.2) is 0 Å². The second-order valence-electron chi connectivity index (χ2n) is 14.8. The van der Waals surface area contributed by atoms with Crippen molar-refractivity contribution in [1.29, 1.82) is 0 Å². The van der Waals surface area contributed by atoms with E-state index >= 15 is 0 Å². The SMILES string of the molecule is CC(C)[Si](O[C@H]1CCC[C@]2(C)[C@@H]([C@H](C)C[C@@H](/C=C/C(=O)OCc3ccccc3)[Se]c3ccccc3)CC[C@@H]12)(C(C)C)C(C)C. The molecule has 2 saturated carbocycles. The molecule has 44 heavy (non-hydrogen) atoms. The van der Waals surface area contributed by atoms with E-state index in [0.717, 1.165) is 12.0 Å². The van der Waals surface area contributed by atoms with E-state index in [1.165, 1.54) is 36.6 Å². The summed E-state index contributed by atoms with van der Waals surface area (Å²) in [4.78, 5) is 13.1. The Hall–Kier alpha value is -1.65. The average molecular weight is 682 g/mol. The van der Waals surface area contributed by atoms with Gasteiger partial charge in [0.1, 0.15) is 0 Å². The van der Waals surface area contributed by atoms with E-state index in [0.29, 0.717) is 57.3 Å². The zero-order valence-corrected chi connectivity index (χ0v) is 31.3. The van der Waals surface area contributed by atoms with Crippen molar-refractivity contribution in [2.45, 2.75) is 128 Å². The van der Waals surface area contributed by atoms with Crippen LogP contribution in [0.1, 0.15) is 99.5 Å². The normalized spacial score (nSPS) is 25.5. The van der Waals surface area contributed by atoms with Crippen LogP contribution in [0.5, 0.6) is 0 Å². The molecule has 0 aliphatic heterocycles. The van der Waals surface area contributed by atoms with Crippen molar-refractivity contribution in [2.75, 3.05) is 0 Å². The fourth-order valence-corrected chi connectivity index (χ4v) is 17.4. The van der Waals surface area contributed by atoms with E-state index in [2.05, 4.69) is 91.8 Å². The fraction of sp³-hybridized carbons (Fsp3) is 0.615. The molecule has 4 rings (SSSR count). The van der Waals surface area contributed by atoms with Crippen LogP contribution in [-0.2, 0) is 20.6 Å². The predicted octanol–water partition coefficient (Wildman–Crippen LogP) is 9.91. The van der Waals surface area contributed by atoms with Gasteiger partial charge in [-0.3, -0.25) is 0 Å². The first-order valence-electron chi connectivity index (χ1n) is 17.3. The van der Waals surface area contributed by atoms with Crippen LogP contribution in [0.15, 0.2) is 72.8 Å². The molecule has 0 N–H and O–H groups in total. The first kappa shape index (κ1) is 35.2. The van der Waals surface area contributed by atoms with Gasteiger partial charge in [-0.25, -0.2) is 0 Å². The number of carbonyl (C=O) groups excluding carboxylic acids is 1. The van der Waals surface area contributed by atoms with Gasteiger partial charge < -0.3 is 0 Å². The van der Waals surface area contributed by atoms with Gasteiger partial charge in [0.2, 0.25) is 0 Å². The second-order valence-corrected chi connectivity index (χ2v) is 23.0. The Kier molecular flexibility index (Phi) is 12.6. The topological polar surface area (TPSA) is 35.5 Å². The molecule has 0 radical (unpaired) electrons. The molecular weight excluding hydrogens is 623 g/mol. The van der Waals surface area contributed by atoms with Gasteiger partial charge in [-0.15, -0.1) is 0 Å². The van der Waals surface area contributed by atoms with Crippen LogP contribution in [0, 0.1) is 23.2 Å². The minimum absolute atomic E-state index is 0.247. The molecule has 0 saturated heterocycles. The summed E-state index contributed by atoms with van der Waals surface area (Å²) in [5.74, 6) is 1.70. The molecular formula is C39H58O3SeSi. The summed E-state index contributed by atoms with van der Waals surface area (Å²) in [6.45, 7) is 20.0. The standard InChI is InChI=1S/C39H58O3SeSi/c1-28(2)44(29(3)4,30(5)6)42-37-20-15-25-39(8)35(22-23-36(37)39)31(7)26-34(43-33-18-13-10-14-19-33)21-24-38(40)41-27-32-16-11-9-12-17-32/h9-14,16-19,21,24,28-31,34-37H,15,20,22-23,25-27H2,1-8H3/b24-21+/t31-,34-,35-,36+,37+,39-/m1/s1. The number of rotatable bonds is 14. The Bertz CT molecular complexity index is 1170. The molecule has 0 aromatic heterocycles. The number of carbonyl (C=O) groups is 1. The summed E-state index contributed by atoms with van der Waals surface area (Å²) in [7, 11) is -1.93. The molecule has 5 heteroatoms. The van der Waals surface area contributed by atoms with Crippen molar-refractivity contribution >= 4 is 33.7 Å². The second kappa shape index (κ2) is 15.8. The van der Waals surface area contributed by atoms with E-state index in [1.807, 2.05) is 30.3 Å². The number of hydrogen-bond donors (Lipinski definition) is 0. The predicted molar refractivity (Wildman–Crippen MR) is 189 cm³/mol. The Morgan fingerprint density at radius 2 is 1.52 bits per heavy atom. The van der Waals surface area contributed by atoms with Crippen LogP contribution >= 0.6 is 0 Å². The summed E-state index contributed by atoms with van der Waals surface area (Å²) in [5, 5.41) is 0. The molecule has 0 bridgehead atoms. The number of hydrogen-bond acceptors (Lipinski definition) is 3. The maximum absolute atomic E-state index is 12.7. The van der Waals surface area contributed by atoms with Gasteiger partial charge in [-0.1, -0.05) is 0 Å². The Labute approximate surface area is 276 Å². The maximum atomic E-state index is 12.7. The summed E-state index contributed by atoms with van der Waals surface area (Å²) in [6, 6.07) is 20.8. The number of fused-ring (bicyclic) bond motifs is 1. The van der Waals surface area contributed by atoms with Crippen LogP contribution in [-0.4, -0.2) is 35.3 Å². The molecule has 2 aromatic carbocycles. The number of ether oxygens (including phenoxy) is 1. The van der Waals surface area contributed by atoms with Crippen molar-refractivity contribution in [1.82, 2.24) is 0 Å². The van der Waals surface area contributed by atoms with Crippen LogP contribution < -0.4 is 4.46 Å². The van der Waals surface area contributed by atoms with Crippen LogP contribution in [0.3, 0.4) is 0 Å². The van der Waals surface area contributed by atoms with Gasteiger partial charge in [0.25, 0.3) is 0 Å². The van der Waals surface area contributed by atoms with E-state index in [9.17, 15) is 4.79 Å². The van der Waals surface area contributed by atoms with Gasteiger partial charge in [0, 0.05) is 0 Å². The first-order chi connectivity index (χ1) is 21.0. The third-order valence-electron chi connectivity index (χ3n) is 11.2. The summed E-state index contributed by atoms with van der Waals surface area (Å²) in [5.41, 5.74) is 3.22. The average Bonchev–Trinajstić information content (AvgIpc) is 3.35. The Morgan fingerprint density at radius 1 is 0.909 bits per heavy atom. The Balaban J connectivity index is 1.47. The molecule has 3 nitrogen and oxygen atoms in total. The third kappa shape index (κ3) is 8.19. The molecule has 6 atom stereocenters. The van der Waals surface area contributed by atoms with E-state index in [-0.39, 0.29) is 20.9 Å². The number of allylic oxidation sites excluding steroid dienone is 1. The quantitative estimate of drug-likeness (QED) is 0.113. The zero-order chi connectivity index (χ0) is 31.9.